The first-order chi connectivity index (χ1) is 8.24. The van der Waals surface area contributed by atoms with Gasteiger partial charge in [-0.3, -0.25) is 5.84 Å². The quantitative estimate of drug-likeness (QED) is 0.269. The summed E-state index contributed by atoms with van der Waals surface area (Å²) in [5.41, 5.74) is 9.63. The fraction of sp³-hybridized carbons (Fsp3) is 0.455. The van der Waals surface area contributed by atoms with Crippen LogP contribution in [0.5, 0.6) is 5.75 Å². The molecule has 1 heterocycles. The van der Waals surface area contributed by atoms with Crippen LogP contribution < -0.4 is 27.2 Å². The lowest BCUT2D eigenvalue weighted by Gasteiger charge is -2.30. The number of aromatic hydroxyl groups is 1. The van der Waals surface area contributed by atoms with Gasteiger partial charge in [-0.25, -0.2) is 5.43 Å². The van der Waals surface area contributed by atoms with Crippen molar-refractivity contribution < 1.29 is 5.11 Å². The third-order valence-corrected chi connectivity index (χ3v) is 3.02. The zero-order valence-corrected chi connectivity index (χ0v) is 9.69. The van der Waals surface area contributed by atoms with Gasteiger partial charge in [0.25, 0.3) is 0 Å². The molecule has 94 valence electrons. The Bertz CT molecular complexity index is 378. The number of nitrogens with zero attached hydrogens (tertiary/aromatic N) is 1. The molecule has 1 fully saturated rings. The lowest BCUT2D eigenvalue weighted by molar-refractivity contribution is 0.447. The smallest absolute Gasteiger partial charge is 0.145 e. The zero-order chi connectivity index (χ0) is 12.3. The lowest BCUT2D eigenvalue weighted by Crippen LogP contribution is -2.43. The maximum atomic E-state index is 10.2. The van der Waals surface area contributed by atoms with E-state index in [1.54, 1.807) is 6.07 Å². The number of benzene rings is 1. The van der Waals surface area contributed by atoms with Crippen molar-refractivity contribution in [3.05, 3.63) is 23.8 Å². The van der Waals surface area contributed by atoms with Gasteiger partial charge in [-0.15, -0.1) is 0 Å². The van der Waals surface area contributed by atoms with Gasteiger partial charge in [-0.1, -0.05) is 12.1 Å². The van der Waals surface area contributed by atoms with Crippen LogP contribution in [0, 0.1) is 0 Å². The molecule has 0 radical (unpaired) electrons. The van der Waals surface area contributed by atoms with Crippen LogP contribution in [-0.2, 0) is 0 Å². The van der Waals surface area contributed by atoms with Gasteiger partial charge >= 0.3 is 0 Å². The Labute approximate surface area is 101 Å². The molecule has 1 aromatic carbocycles. The number of phenolic OH excluding ortho intramolecular Hbond substituents is 1. The molecule has 1 aliphatic rings. The molecule has 0 bridgehead atoms. The maximum absolute atomic E-state index is 10.2. The predicted molar refractivity (Wildman–Crippen MR) is 67.4 cm³/mol. The molecule has 2 rings (SSSR count). The van der Waals surface area contributed by atoms with Crippen LogP contribution in [-0.4, -0.2) is 31.3 Å². The Hall–Kier alpha value is -1.34. The van der Waals surface area contributed by atoms with E-state index in [0.717, 1.165) is 31.9 Å². The van der Waals surface area contributed by atoms with Crippen LogP contribution in [0.15, 0.2) is 18.2 Å². The first-order valence-corrected chi connectivity index (χ1v) is 5.73. The van der Waals surface area contributed by atoms with E-state index in [4.69, 9.17) is 11.6 Å². The molecule has 0 saturated carbocycles. The summed E-state index contributed by atoms with van der Waals surface area (Å²) < 4.78 is 0. The fourth-order valence-electron chi connectivity index (χ4n) is 2.05. The Morgan fingerprint density at radius 3 is 2.71 bits per heavy atom. The average Bonchev–Trinajstić information content (AvgIpc) is 2.39. The van der Waals surface area contributed by atoms with Gasteiger partial charge in [0.05, 0.1) is 11.9 Å². The monoisotopic (exact) mass is 237 g/mol. The maximum Gasteiger partial charge on any atom is 0.145 e. The zero-order valence-electron chi connectivity index (χ0n) is 9.69. The van der Waals surface area contributed by atoms with Crippen molar-refractivity contribution in [3.8, 4) is 5.75 Å². The highest BCUT2D eigenvalue weighted by Crippen LogP contribution is 2.32. The van der Waals surface area contributed by atoms with Crippen molar-refractivity contribution >= 4 is 5.69 Å². The number of nitrogens with one attached hydrogen (secondary N) is 2. The van der Waals surface area contributed by atoms with Gasteiger partial charge in [0.1, 0.15) is 5.75 Å². The number of rotatable bonds is 3. The topological polar surface area (TPSA) is 99.6 Å². The number of hydrogen-bond donors (Lipinski definition) is 5. The molecule has 0 amide bonds. The summed E-state index contributed by atoms with van der Waals surface area (Å²) in [6.45, 7) is 3.60. The van der Waals surface area contributed by atoms with Gasteiger partial charge in [0.15, 0.2) is 0 Å². The number of hydrogen-bond acceptors (Lipinski definition) is 6. The molecule has 17 heavy (non-hydrogen) atoms. The molecule has 1 saturated heterocycles. The molecule has 1 aromatic rings. The van der Waals surface area contributed by atoms with Gasteiger partial charge < -0.3 is 21.1 Å². The summed E-state index contributed by atoms with van der Waals surface area (Å²) in [5, 5.41) is 13.5. The van der Waals surface area contributed by atoms with Gasteiger partial charge in [-0.2, -0.15) is 0 Å². The first kappa shape index (κ1) is 12.1. The molecular weight excluding hydrogens is 218 g/mol. The van der Waals surface area contributed by atoms with E-state index in [9.17, 15) is 5.11 Å². The minimum atomic E-state index is -0.558. The van der Waals surface area contributed by atoms with Crippen LogP contribution in [0.25, 0.3) is 0 Å². The van der Waals surface area contributed by atoms with Crippen LogP contribution in [0.3, 0.4) is 0 Å². The summed E-state index contributed by atoms with van der Waals surface area (Å²) in [6.07, 6.45) is -0.558. The van der Waals surface area contributed by atoms with E-state index in [0.29, 0.717) is 5.56 Å². The summed E-state index contributed by atoms with van der Waals surface area (Å²) >= 11 is 0. The Morgan fingerprint density at radius 2 is 2.06 bits per heavy atom. The Morgan fingerprint density at radius 1 is 1.35 bits per heavy atom. The summed E-state index contributed by atoms with van der Waals surface area (Å²) in [7, 11) is 0. The van der Waals surface area contributed by atoms with Crippen molar-refractivity contribution in [2.24, 2.45) is 11.6 Å². The molecular formula is C11H19N5O. The molecule has 1 atom stereocenters. The van der Waals surface area contributed by atoms with Crippen molar-refractivity contribution in [3.63, 3.8) is 0 Å². The van der Waals surface area contributed by atoms with E-state index in [2.05, 4.69) is 15.6 Å². The number of hydrazine groups is 1. The van der Waals surface area contributed by atoms with E-state index in [-0.39, 0.29) is 5.75 Å². The van der Waals surface area contributed by atoms with Crippen molar-refractivity contribution in [2.45, 2.75) is 6.17 Å². The molecule has 6 heteroatoms. The van der Waals surface area contributed by atoms with Gasteiger partial charge in [0.2, 0.25) is 0 Å². The summed E-state index contributed by atoms with van der Waals surface area (Å²) in [5.74, 6) is 5.50. The molecule has 0 aliphatic carbocycles. The minimum absolute atomic E-state index is 0.208. The Balaban J connectivity index is 2.27. The molecule has 1 unspecified atom stereocenters. The van der Waals surface area contributed by atoms with E-state index in [1.165, 1.54) is 0 Å². The largest absolute Gasteiger partial charge is 0.505 e. The minimum Gasteiger partial charge on any atom is -0.505 e. The Kier molecular flexibility index (Phi) is 3.80. The van der Waals surface area contributed by atoms with Crippen molar-refractivity contribution in [1.82, 2.24) is 10.7 Å². The third-order valence-electron chi connectivity index (χ3n) is 3.02. The molecule has 1 aliphatic heterocycles. The van der Waals surface area contributed by atoms with Gasteiger partial charge in [-0.05, 0) is 6.07 Å². The molecule has 0 aromatic heterocycles. The lowest BCUT2D eigenvalue weighted by atomic mass is 10.1. The second kappa shape index (κ2) is 5.33. The van der Waals surface area contributed by atoms with Gasteiger partial charge in [0, 0.05) is 31.7 Å². The number of nitrogens with two attached hydrogens (primary N) is 2. The molecule has 0 spiro atoms. The second-order valence-electron chi connectivity index (χ2n) is 4.10. The van der Waals surface area contributed by atoms with Crippen LogP contribution >= 0.6 is 0 Å². The average molecular weight is 237 g/mol. The van der Waals surface area contributed by atoms with Crippen molar-refractivity contribution in [1.29, 1.82) is 0 Å². The predicted octanol–water partition coefficient (Wildman–Crippen LogP) is -0.778. The number of piperazine rings is 1. The standard InChI is InChI=1S/C11H19N5O/c12-11(15-13)8-2-1-3-9(10(8)17)16-6-4-14-5-7-16/h1-3,11,14-15,17H,4-7,12-13H2. The van der Waals surface area contributed by atoms with E-state index in [1.807, 2.05) is 12.1 Å². The highest BCUT2D eigenvalue weighted by Gasteiger charge is 2.18. The first-order valence-electron chi connectivity index (χ1n) is 5.73. The molecule has 7 N–H and O–H groups in total. The van der Waals surface area contributed by atoms with Crippen LogP contribution in [0.4, 0.5) is 5.69 Å². The highest BCUT2D eigenvalue weighted by molar-refractivity contribution is 5.62. The number of phenols is 1. The number of anilines is 1. The second-order valence-corrected chi connectivity index (χ2v) is 4.10. The van der Waals surface area contributed by atoms with Crippen molar-refractivity contribution in [2.75, 3.05) is 31.1 Å². The van der Waals surface area contributed by atoms with Crippen LogP contribution in [0.2, 0.25) is 0 Å². The third kappa shape index (κ3) is 2.50. The normalized spacial score (nSPS) is 18.1. The summed E-state index contributed by atoms with van der Waals surface area (Å²) in [4.78, 5) is 2.14. The van der Waals surface area contributed by atoms with E-state index < -0.39 is 6.17 Å². The molecule has 6 nitrogen and oxygen atoms in total. The van der Waals surface area contributed by atoms with E-state index >= 15 is 0 Å². The highest BCUT2D eigenvalue weighted by atomic mass is 16.3. The van der Waals surface area contributed by atoms with Crippen LogP contribution in [0.1, 0.15) is 11.7 Å². The number of para-hydroxylation sites is 1. The fourth-order valence-corrected chi connectivity index (χ4v) is 2.05. The SMILES string of the molecule is NNC(N)c1cccc(N2CCNCC2)c1O. The summed E-state index contributed by atoms with van der Waals surface area (Å²) in [6, 6.07) is 5.54.